The molecular formula is C12H13N3O3S. The number of ether oxygens (including phenoxy) is 1. The topological polar surface area (TPSA) is 91.3 Å². The lowest BCUT2D eigenvalue weighted by Crippen LogP contribution is -2.00. The fraction of sp³-hybridized carbons (Fsp3) is 0.250. The standard InChI is InChI=1S/C12H13N3O3S/c1-7-4-11(8(2)3-10(7)15(16)17)18-5-9-6-19-12(13)14-9/h3-4,6H,5H2,1-2H3,(H2,13,14). The molecule has 100 valence electrons. The Morgan fingerprint density at radius 3 is 2.74 bits per heavy atom. The van der Waals surface area contributed by atoms with E-state index in [-0.39, 0.29) is 5.69 Å². The van der Waals surface area contributed by atoms with Crippen LogP contribution in [-0.4, -0.2) is 9.91 Å². The monoisotopic (exact) mass is 279 g/mol. The van der Waals surface area contributed by atoms with E-state index in [1.54, 1.807) is 19.9 Å². The van der Waals surface area contributed by atoms with Crippen LogP contribution in [0.2, 0.25) is 0 Å². The smallest absolute Gasteiger partial charge is 0.272 e. The van der Waals surface area contributed by atoms with Crippen LogP contribution in [0, 0.1) is 24.0 Å². The van der Waals surface area contributed by atoms with E-state index in [0.717, 1.165) is 11.3 Å². The third-order valence-electron chi connectivity index (χ3n) is 2.64. The van der Waals surface area contributed by atoms with Gasteiger partial charge in [-0.05, 0) is 25.5 Å². The molecule has 19 heavy (non-hydrogen) atoms. The summed E-state index contributed by atoms with van der Waals surface area (Å²) in [5, 5.41) is 13.1. The first kappa shape index (κ1) is 13.3. The van der Waals surface area contributed by atoms with Crippen LogP contribution in [0.1, 0.15) is 16.8 Å². The van der Waals surface area contributed by atoms with Crippen molar-refractivity contribution in [2.75, 3.05) is 5.73 Å². The van der Waals surface area contributed by atoms with E-state index in [9.17, 15) is 10.1 Å². The molecule has 0 aliphatic heterocycles. The van der Waals surface area contributed by atoms with Crippen LogP contribution in [0.5, 0.6) is 5.75 Å². The number of aryl methyl sites for hydroxylation is 2. The van der Waals surface area contributed by atoms with Crippen LogP contribution in [0.25, 0.3) is 0 Å². The van der Waals surface area contributed by atoms with Gasteiger partial charge in [-0.25, -0.2) is 4.98 Å². The number of hydrogen-bond acceptors (Lipinski definition) is 6. The first-order chi connectivity index (χ1) is 8.97. The summed E-state index contributed by atoms with van der Waals surface area (Å²) in [5.41, 5.74) is 7.67. The molecule has 6 nitrogen and oxygen atoms in total. The van der Waals surface area contributed by atoms with Crippen molar-refractivity contribution in [1.82, 2.24) is 4.98 Å². The largest absolute Gasteiger partial charge is 0.487 e. The van der Waals surface area contributed by atoms with Gasteiger partial charge in [0.15, 0.2) is 5.13 Å². The fourth-order valence-electron chi connectivity index (χ4n) is 1.67. The molecule has 7 heteroatoms. The molecule has 0 spiro atoms. The van der Waals surface area contributed by atoms with Gasteiger partial charge in [-0.3, -0.25) is 10.1 Å². The number of benzene rings is 1. The summed E-state index contributed by atoms with van der Waals surface area (Å²) in [4.78, 5) is 14.5. The van der Waals surface area contributed by atoms with Crippen molar-refractivity contribution in [2.45, 2.75) is 20.5 Å². The molecule has 0 aliphatic carbocycles. The lowest BCUT2D eigenvalue weighted by molar-refractivity contribution is -0.385. The minimum atomic E-state index is -0.396. The highest BCUT2D eigenvalue weighted by molar-refractivity contribution is 7.13. The molecule has 0 saturated heterocycles. The van der Waals surface area contributed by atoms with E-state index in [1.165, 1.54) is 17.4 Å². The molecule has 0 bridgehead atoms. The third kappa shape index (κ3) is 3.00. The van der Waals surface area contributed by atoms with Crippen molar-refractivity contribution in [3.8, 4) is 5.75 Å². The van der Waals surface area contributed by atoms with E-state index >= 15 is 0 Å². The zero-order valence-electron chi connectivity index (χ0n) is 10.5. The third-order valence-corrected chi connectivity index (χ3v) is 3.36. The highest BCUT2D eigenvalue weighted by atomic mass is 32.1. The maximum atomic E-state index is 10.8. The first-order valence-electron chi connectivity index (χ1n) is 5.55. The van der Waals surface area contributed by atoms with Gasteiger partial charge in [-0.15, -0.1) is 11.3 Å². The lowest BCUT2D eigenvalue weighted by Gasteiger charge is -2.09. The van der Waals surface area contributed by atoms with Crippen LogP contribution in [0.3, 0.4) is 0 Å². The summed E-state index contributed by atoms with van der Waals surface area (Å²) >= 11 is 1.35. The highest BCUT2D eigenvalue weighted by Crippen LogP contribution is 2.28. The fourth-order valence-corrected chi connectivity index (χ4v) is 2.21. The van der Waals surface area contributed by atoms with Crippen molar-refractivity contribution >= 4 is 22.2 Å². The van der Waals surface area contributed by atoms with E-state index in [4.69, 9.17) is 10.5 Å². The molecule has 0 atom stereocenters. The van der Waals surface area contributed by atoms with Gasteiger partial charge < -0.3 is 10.5 Å². The number of anilines is 1. The molecule has 2 aromatic rings. The second kappa shape index (κ2) is 5.23. The maximum absolute atomic E-state index is 10.8. The van der Waals surface area contributed by atoms with Gasteiger partial charge in [0, 0.05) is 17.0 Å². The zero-order chi connectivity index (χ0) is 14.0. The molecule has 0 amide bonds. The van der Waals surface area contributed by atoms with Crippen molar-refractivity contribution in [2.24, 2.45) is 0 Å². The van der Waals surface area contributed by atoms with Crippen LogP contribution >= 0.6 is 11.3 Å². The SMILES string of the molecule is Cc1cc([N+](=O)[O-])c(C)cc1OCc1csc(N)n1. The first-order valence-corrected chi connectivity index (χ1v) is 6.43. The van der Waals surface area contributed by atoms with Crippen LogP contribution in [-0.2, 0) is 6.61 Å². The Bertz CT molecular complexity index is 625. The molecule has 0 aliphatic rings. The quantitative estimate of drug-likeness (QED) is 0.686. The number of hydrogen-bond donors (Lipinski definition) is 1. The van der Waals surface area contributed by atoms with E-state index < -0.39 is 4.92 Å². The predicted molar refractivity (Wildman–Crippen MR) is 73.4 cm³/mol. The molecule has 2 rings (SSSR count). The summed E-state index contributed by atoms with van der Waals surface area (Å²) in [7, 11) is 0. The highest BCUT2D eigenvalue weighted by Gasteiger charge is 2.14. The number of nitrogens with zero attached hydrogens (tertiary/aromatic N) is 2. The van der Waals surface area contributed by atoms with E-state index in [1.807, 2.05) is 5.38 Å². The number of nitro groups is 1. The van der Waals surface area contributed by atoms with Gasteiger partial charge in [0.25, 0.3) is 5.69 Å². The van der Waals surface area contributed by atoms with Crippen molar-refractivity contribution < 1.29 is 9.66 Å². The molecular weight excluding hydrogens is 266 g/mol. The summed E-state index contributed by atoms with van der Waals surface area (Å²) in [6.07, 6.45) is 0. The summed E-state index contributed by atoms with van der Waals surface area (Å²) < 4.78 is 5.62. The van der Waals surface area contributed by atoms with E-state index in [0.29, 0.717) is 23.1 Å². The normalized spacial score (nSPS) is 10.4. The number of rotatable bonds is 4. The Labute approximate surface area is 114 Å². The Kier molecular flexibility index (Phi) is 3.66. The molecule has 2 N–H and O–H groups in total. The van der Waals surface area contributed by atoms with Gasteiger partial charge in [0.05, 0.1) is 10.6 Å². The second-order valence-electron chi connectivity index (χ2n) is 4.13. The minimum Gasteiger partial charge on any atom is -0.487 e. The molecule has 0 radical (unpaired) electrons. The summed E-state index contributed by atoms with van der Waals surface area (Å²) in [6.45, 7) is 3.76. The van der Waals surface area contributed by atoms with Crippen LogP contribution in [0.4, 0.5) is 10.8 Å². The average molecular weight is 279 g/mol. The molecule has 0 fully saturated rings. The molecule has 1 aromatic heterocycles. The Morgan fingerprint density at radius 2 is 2.16 bits per heavy atom. The zero-order valence-corrected chi connectivity index (χ0v) is 11.4. The van der Waals surface area contributed by atoms with Gasteiger partial charge in [-0.1, -0.05) is 0 Å². The van der Waals surface area contributed by atoms with Crippen molar-refractivity contribution in [3.63, 3.8) is 0 Å². The molecule has 1 heterocycles. The minimum absolute atomic E-state index is 0.0998. The van der Waals surface area contributed by atoms with Crippen molar-refractivity contribution in [3.05, 3.63) is 44.4 Å². The van der Waals surface area contributed by atoms with Crippen LogP contribution in [0.15, 0.2) is 17.5 Å². The predicted octanol–water partition coefficient (Wildman–Crippen LogP) is 2.83. The number of nitrogens with two attached hydrogens (primary N) is 1. The number of nitrogen functional groups attached to an aromatic ring is 1. The van der Waals surface area contributed by atoms with E-state index in [2.05, 4.69) is 4.98 Å². The summed E-state index contributed by atoms with van der Waals surface area (Å²) in [6, 6.07) is 3.18. The van der Waals surface area contributed by atoms with Crippen molar-refractivity contribution in [1.29, 1.82) is 0 Å². The Hall–Kier alpha value is -2.15. The van der Waals surface area contributed by atoms with Gasteiger partial charge in [0.2, 0.25) is 0 Å². The number of thiazole rings is 1. The lowest BCUT2D eigenvalue weighted by atomic mass is 10.1. The Morgan fingerprint density at radius 1 is 1.42 bits per heavy atom. The second-order valence-corrected chi connectivity index (χ2v) is 5.02. The van der Waals surface area contributed by atoms with Gasteiger partial charge in [0.1, 0.15) is 12.4 Å². The Balaban J connectivity index is 2.17. The molecule has 0 unspecified atom stereocenters. The van der Waals surface area contributed by atoms with Crippen LogP contribution < -0.4 is 10.5 Å². The average Bonchev–Trinajstić information content (AvgIpc) is 2.75. The number of aromatic nitrogens is 1. The molecule has 0 saturated carbocycles. The van der Waals surface area contributed by atoms with Gasteiger partial charge >= 0.3 is 0 Å². The maximum Gasteiger partial charge on any atom is 0.272 e. The molecule has 1 aromatic carbocycles. The summed E-state index contributed by atoms with van der Waals surface area (Å²) in [5.74, 6) is 0.620. The van der Waals surface area contributed by atoms with Gasteiger partial charge in [-0.2, -0.15) is 0 Å². The number of nitro benzene ring substituents is 1.